The molecule has 0 unspecified atom stereocenters. The van der Waals surface area contributed by atoms with Gasteiger partial charge in [0, 0.05) is 11.1 Å². The third-order valence-electron chi connectivity index (χ3n) is 4.99. The Labute approximate surface area is 171 Å². The molecular weight excluding hydrogens is 368 g/mol. The number of aromatic hydroxyl groups is 2. The highest BCUT2D eigenvalue weighted by Crippen LogP contribution is 2.23. The van der Waals surface area contributed by atoms with Crippen molar-refractivity contribution in [3.63, 3.8) is 0 Å². The van der Waals surface area contributed by atoms with E-state index in [1.54, 1.807) is 12.1 Å². The minimum Gasteiger partial charge on any atom is -0.507 e. The highest BCUT2D eigenvalue weighted by Gasteiger charge is 2.11. The molecule has 2 rings (SSSR count). The van der Waals surface area contributed by atoms with Gasteiger partial charge in [-0.2, -0.15) is 0 Å². The summed E-state index contributed by atoms with van der Waals surface area (Å²) < 4.78 is 0. The molecule has 2 aromatic carbocycles. The van der Waals surface area contributed by atoms with E-state index < -0.39 is 0 Å². The summed E-state index contributed by atoms with van der Waals surface area (Å²) in [4.78, 5) is 0. The Morgan fingerprint density at radius 1 is 0.655 bits per heavy atom. The van der Waals surface area contributed by atoms with Gasteiger partial charge < -0.3 is 20.6 Å². The van der Waals surface area contributed by atoms with Gasteiger partial charge in [-0.3, -0.25) is 0 Å². The van der Waals surface area contributed by atoms with E-state index >= 15 is 0 Å². The third-order valence-corrected chi connectivity index (χ3v) is 4.99. The van der Waals surface area contributed by atoms with Crippen molar-refractivity contribution in [1.82, 2.24) is 0 Å². The quantitative estimate of drug-likeness (QED) is 0.183. The average Bonchev–Trinajstić information content (AvgIpc) is 2.71. The molecule has 0 saturated carbocycles. The summed E-state index contributed by atoms with van der Waals surface area (Å²) in [5.41, 5.74) is 4.15. The molecule has 0 aliphatic rings. The first kappa shape index (κ1) is 22.3. The lowest BCUT2D eigenvalue weighted by atomic mass is 9.99. The molecule has 0 heterocycles. The smallest absolute Gasteiger partial charge is 0.124 e. The largest absolute Gasteiger partial charge is 0.507 e. The highest BCUT2D eigenvalue weighted by molar-refractivity contribution is 6.03. The van der Waals surface area contributed by atoms with Gasteiger partial charge in [0.2, 0.25) is 0 Å². The summed E-state index contributed by atoms with van der Waals surface area (Å²) in [5, 5.41) is 45.3. The fourth-order valence-electron chi connectivity index (χ4n) is 3.35. The van der Waals surface area contributed by atoms with Crippen LogP contribution in [0.4, 0.5) is 0 Å². The lowest BCUT2D eigenvalue weighted by molar-refractivity contribution is 0.317. The van der Waals surface area contributed by atoms with Crippen molar-refractivity contribution in [2.45, 2.75) is 58.8 Å². The Hall–Kier alpha value is -3.02. The second-order valence-electron chi connectivity index (χ2n) is 7.40. The second kappa shape index (κ2) is 11.1. The van der Waals surface area contributed by atoms with Crippen molar-refractivity contribution in [2.75, 3.05) is 0 Å². The van der Waals surface area contributed by atoms with E-state index in [1.165, 1.54) is 0 Å². The number of phenolic OH excluding ortho intramolecular Hbond substituents is 2. The first-order valence-corrected chi connectivity index (χ1v) is 9.98. The Morgan fingerprint density at radius 3 is 1.41 bits per heavy atom. The van der Waals surface area contributed by atoms with Crippen LogP contribution in [-0.4, -0.2) is 32.1 Å². The number of phenols is 2. The van der Waals surface area contributed by atoms with Crippen molar-refractivity contribution < 1.29 is 20.6 Å². The van der Waals surface area contributed by atoms with Gasteiger partial charge in [0.15, 0.2) is 0 Å². The molecule has 0 bridgehead atoms. The summed E-state index contributed by atoms with van der Waals surface area (Å²) in [7, 11) is 0. The van der Waals surface area contributed by atoms with E-state index in [1.807, 2.05) is 38.1 Å². The lowest BCUT2D eigenvalue weighted by Gasteiger charge is -2.09. The van der Waals surface area contributed by atoms with Crippen LogP contribution in [-0.2, 0) is 0 Å². The fourth-order valence-corrected chi connectivity index (χ4v) is 3.35. The van der Waals surface area contributed by atoms with E-state index in [0.717, 1.165) is 43.2 Å². The SMILES string of the molecule is Cc1ccc(O)c(/C(CCCCCCC/C(=N/O)c2cc(C)ccc2O)=N\O)c1. The molecule has 4 N–H and O–H groups in total. The summed E-state index contributed by atoms with van der Waals surface area (Å²) >= 11 is 0. The molecule has 0 aromatic heterocycles. The Morgan fingerprint density at radius 2 is 1.03 bits per heavy atom. The van der Waals surface area contributed by atoms with Gasteiger partial charge in [-0.15, -0.1) is 0 Å². The van der Waals surface area contributed by atoms with Gasteiger partial charge in [0.25, 0.3) is 0 Å². The predicted octanol–water partition coefficient (Wildman–Crippen LogP) is 5.50. The zero-order valence-corrected chi connectivity index (χ0v) is 17.1. The molecule has 0 aliphatic heterocycles. The van der Waals surface area contributed by atoms with Crippen LogP contribution in [0.25, 0.3) is 0 Å². The molecule has 0 fully saturated rings. The second-order valence-corrected chi connectivity index (χ2v) is 7.40. The average molecular weight is 399 g/mol. The summed E-state index contributed by atoms with van der Waals surface area (Å²) in [5.74, 6) is 0.247. The van der Waals surface area contributed by atoms with Crippen LogP contribution >= 0.6 is 0 Å². The van der Waals surface area contributed by atoms with Crippen molar-refractivity contribution in [3.8, 4) is 11.5 Å². The number of aryl methyl sites for hydroxylation is 2. The Kier molecular flexibility index (Phi) is 8.52. The number of oxime groups is 2. The van der Waals surface area contributed by atoms with Crippen molar-refractivity contribution in [1.29, 1.82) is 0 Å². The topological polar surface area (TPSA) is 106 Å². The molecule has 2 aromatic rings. The van der Waals surface area contributed by atoms with Crippen LogP contribution in [0.5, 0.6) is 11.5 Å². The van der Waals surface area contributed by atoms with Crippen LogP contribution in [0.15, 0.2) is 46.7 Å². The van der Waals surface area contributed by atoms with Crippen LogP contribution in [0.2, 0.25) is 0 Å². The van der Waals surface area contributed by atoms with Gasteiger partial charge in [-0.1, -0.05) is 52.8 Å². The number of unbranched alkanes of at least 4 members (excludes halogenated alkanes) is 4. The van der Waals surface area contributed by atoms with Crippen molar-refractivity contribution >= 4 is 11.4 Å². The number of rotatable bonds is 10. The Balaban J connectivity index is 1.74. The number of nitrogens with zero attached hydrogens (tertiary/aromatic N) is 2. The number of hydrogen-bond donors (Lipinski definition) is 4. The van der Waals surface area contributed by atoms with Crippen molar-refractivity contribution in [2.24, 2.45) is 10.3 Å². The fraction of sp³-hybridized carbons (Fsp3) is 0.391. The lowest BCUT2D eigenvalue weighted by Crippen LogP contribution is -2.03. The highest BCUT2D eigenvalue weighted by atomic mass is 16.4. The zero-order chi connectivity index (χ0) is 21.2. The van der Waals surface area contributed by atoms with E-state index in [9.17, 15) is 20.6 Å². The molecule has 6 heteroatoms. The molecule has 0 radical (unpaired) electrons. The van der Waals surface area contributed by atoms with E-state index in [4.69, 9.17) is 0 Å². The molecule has 29 heavy (non-hydrogen) atoms. The molecular formula is C23H30N2O4. The molecule has 0 spiro atoms. The molecule has 0 aliphatic carbocycles. The normalized spacial score (nSPS) is 12.3. The predicted molar refractivity (Wildman–Crippen MR) is 115 cm³/mol. The van der Waals surface area contributed by atoms with Gasteiger partial charge in [0.05, 0.1) is 11.4 Å². The zero-order valence-electron chi connectivity index (χ0n) is 17.1. The van der Waals surface area contributed by atoms with Gasteiger partial charge in [-0.05, 0) is 63.8 Å². The maximum absolute atomic E-state index is 9.97. The molecule has 0 atom stereocenters. The molecule has 6 nitrogen and oxygen atoms in total. The van der Waals surface area contributed by atoms with Crippen LogP contribution in [0.1, 0.15) is 67.2 Å². The molecule has 156 valence electrons. The molecule has 0 saturated heterocycles. The summed E-state index contributed by atoms with van der Waals surface area (Å²) in [6.45, 7) is 3.86. The molecule has 0 amide bonds. The van der Waals surface area contributed by atoms with E-state index in [2.05, 4.69) is 10.3 Å². The van der Waals surface area contributed by atoms with Crippen LogP contribution in [0, 0.1) is 13.8 Å². The maximum Gasteiger partial charge on any atom is 0.124 e. The number of benzene rings is 2. The van der Waals surface area contributed by atoms with Crippen LogP contribution in [0.3, 0.4) is 0 Å². The standard InChI is InChI=1S/C23H30N2O4/c1-16-10-12-22(26)18(14-16)20(24-28)8-6-4-3-5-7-9-21(25-29)19-15-17(2)11-13-23(19)27/h10-15,26-29H,3-9H2,1-2H3/b24-20-,25-21-. The summed E-state index contributed by atoms with van der Waals surface area (Å²) in [6, 6.07) is 10.5. The minimum absolute atomic E-state index is 0.124. The van der Waals surface area contributed by atoms with E-state index in [-0.39, 0.29) is 11.5 Å². The van der Waals surface area contributed by atoms with Crippen molar-refractivity contribution in [3.05, 3.63) is 58.7 Å². The van der Waals surface area contributed by atoms with Gasteiger partial charge in [-0.25, -0.2) is 0 Å². The van der Waals surface area contributed by atoms with Crippen LogP contribution < -0.4 is 0 Å². The van der Waals surface area contributed by atoms with E-state index in [0.29, 0.717) is 35.4 Å². The monoisotopic (exact) mass is 398 g/mol. The first-order valence-electron chi connectivity index (χ1n) is 9.98. The number of hydrogen-bond acceptors (Lipinski definition) is 6. The third kappa shape index (κ3) is 6.52. The Bertz CT molecular complexity index is 804. The first-order chi connectivity index (χ1) is 14.0. The summed E-state index contributed by atoms with van der Waals surface area (Å²) in [6.07, 6.45) is 5.82. The van der Waals surface area contributed by atoms with Gasteiger partial charge >= 0.3 is 0 Å². The maximum atomic E-state index is 9.97. The van der Waals surface area contributed by atoms with Gasteiger partial charge in [0.1, 0.15) is 11.5 Å². The minimum atomic E-state index is 0.124.